The van der Waals surface area contributed by atoms with Crippen molar-refractivity contribution in [3.8, 4) is 22.7 Å². The van der Waals surface area contributed by atoms with E-state index in [1.165, 1.54) is 4.57 Å². The molecule has 2 aromatic heterocycles. The van der Waals surface area contributed by atoms with Gasteiger partial charge in [-0.3, -0.25) is 9.36 Å². The molecule has 0 unspecified atom stereocenters. The van der Waals surface area contributed by atoms with Crippen molar-refractivity contribution in [1.29, 1.82) is 0 Å². The third-order valence-electron chi connectivity index (χ3n) is 7.06. The largest absolute Gasteiger partial charge is 0.495 e. The molecule has 1 aliphatic rings. The molecule has 0 saturated carbocycles. The molecule has 10 heteroatoms. The molecule has 1 fully saturated rings. The second-order valence-electron chi connectivity index (χ2n) is 9.77. The summed E-state index contributed by atoms with van der Waals surface area (Å²) in [4.78, 5) is 32.4. The zero-order valence-corrected chi connectivity index (χ0v) is 22.4. The van der Waals surface area contributed by atoms with Crippen LogP contribution in [-0.4, -0.2) is 64.8 Å². The number of nitrogen functional groups attached to an aromatic ring is 1. The van der Waals surface area contributed by atoms with E-state index in [4.69, 9.17) is 15.5 Å². The van der Waals surface area contributed by atoms with Crippen molar-refractivity contribution < 1.29 is 4.74 Å². The molecule has 0 spiro atoms. The van der Waals surface area contributed by atoms with Gasteiger partial charge in [-0.2, -0.15) is 4.98 Å². The third-order valence-corrected chi connectivity index (χ3v) is 7.06. The van der Waals surface area contributed by atoms with E-state index in [0.29, 0.717) is 39.7 Å². The van der Waals surface area contributed by atoms with Crippen molar-refractivity contribution in [3.63, 3.8) is 0 Å². The number of benzene rings is 3. The summed E-state index contributed by atoms with van der Waals surface area (Å²) in [6, 6.07) is 22.5. The van der Waals surface area contributed by atoms with Gasteiger partial charge in [0.05, 0.1) is 24.7 Å². The Hall–Kier alpha value is -4.96. The quantitative estimate of drug-likeness (QED) is 0.313. The van der Waals surface area contributed by atoms with E-state index in [1.807, 2.05) is 54.6 Å². The predicted octanol–water partition coefficient (Wildman–Crippen LogP) is 3.93. The lowest BCUT2D eigenvalue weighted by Crippen LogP contribution is -2.44. The fourth-order valence-electron chi connectivity index (χ4n) is 4.92. The Morgan fingerprint density at radius 2 is 1.73 bits per heavy atom. The van der Waals surface area contributed by atoms with Crippen molar-refractivity contribution in [3.05, 3.63) is 89.3 Å². The smallest absolute Gasteiger partial charge is 0.283 e. The molecule has 3 heterocycles. The first kappa shape index (κ1) is 25.3. The second kappa shape index (κ2) is 10.7. The summed E-state index contributed by atoms with van der Waals surface area (Å²) in [6.45, 7) is 3.88. The Labute approximate surface area is 231 Å². The molecular weight excluding hydrogens is 504 g/mol. The van der Waals surface area contributed by atoms with Gasteiger partial charge >= 0.3 is 0 Å². The number of piperazine rings is 1. The Balaban J connectivity index is 1.41. The minimum Gasteiger partial charge on any atom is -0.495 e. The van der Waals surface area contributed by atoms with Crippen LogP contribution in [0.15, 0.2) is 83.8 Å². The van der Waals surface area contributed by atoms with Gasteiger partial charge in [-0.1, -0.05) is 36.4 Å². The first-order chi connectivity index (χ1) is 19.5. The topological polar surface area (TPSA) is 114 Å². The van der Waals surface area contributed by atoms with E-state index in [-0.39, 0.29) is 5.56 Å². The molecule has 6 rings (SSSR count). The normalized spacial score (nSPS) is 13.9. The Kier molecular flexibility index (Phi) is 6.75. The Morgan fingerprint density at radius 1 is 0.925 bits per heavy atom. The van der Waals surface area contributed by atoms with E-state index >= 15 is 0 Å². The summed E-state index contributed by atoms with van der Waals surface area (Å²) < 4.78 is 7.26. The lowest BCUT2D eigenvalue weighted by molar-refractivity contribution is 0.311. The number of hydrogen-bond donors (Lipinski definition) is 2. The van der Waals surface area contributed by atoms with Crippen LogP contribution in [0.25, 0.3) is 28.1 Å². The number of ether oxygens (including phenoxy) is 1. The van der Waals surface area contributed by atoms with Gasteiger partial charge in [0.2, 0.25) is 5.95 Å². The van der Waals surface area contributed by atoms with Crippen molar-refractivity contribution in [1.82, 2.24) is 24.4 Å². The van der Waals surface area contributed by atoms with Gasteiger partial charge in [0.15, 0.2) is 5.65 Å². The number of nitrogens with two attached hydrogens (primary N) is 1. The highest BCUT2D eigenvalue weighted by Crippen LogP contribution is 2.33. The van der Waals surface area contributed by atoms with Crippen LogP contribution in [0.4, 0.5) is 23.0 Å². The number of hydrogen-bond acceptors (Lipinski definition) is 9. The molecule has 0 amide bonds. The third kappa shape index (κ3) is 4.92. The lowest BCUT2D eigenvalue weighted by Gasteiger charge is -2.34. The Bertz CT molecular complexity index is 1730. The van der Waals surface area contributed by atoms with Crippen LogP contribution in [0.5, 0.6) is 5.75 Å². The predicted molar refractivity (Wildman–Crippen MR) is 159 cm³/mol. The summed E-state index contributed by atoms with van der Waals surface area (Å²) in [5.41, 5.74) is 10.6. The molecule has 0 radical (unpaired) electrons. The van der Waals surface area contributed by atoms with Crippen LogP contribution in [0.2, 0.25) is 0 Å². The molecule has 5 aromatic rings. The zero-order valence-electron chi connectivity index (χ0n) is 22.4. The fraction of sp³-hybridized carbons (Fsp3) is 0.200. The summed E-state index contributed by atoms with van der Waals surface area (Å²) in [6.07, 6.45) is 1.62. The van der Waals surface area contributed by atoms with Crippen molar-refractivity contribution >= 4 is 34.2 Å². The Morgan fingerprint density at radius 3 is 2.48 bits per heavy atom. The highest BCUT2D eigenvalue weighted by molar-refractivity contribution is 5.78. The zero-order chi connectivity index (χ0) is 27.6. The van der Waals surface area contributed by atoms with Gasteiger partial charge in [0, 0.05) is 49.2 Å². The average molecular weight is 535 g/mol. The molecule has 202 valence electrons. The molecule has 40 heavy (non-hydrogen) atoms. The molecule has 0 bridgehead atoms. The highest BCUT2D eigenvalue weighted by Gasteiger charge is 2.19. The van der Waals surface area contributed by atoms with Gasteiger partial charge in [0.1, 0.15) is 17.0 Å². The average Bonchev–Trinajstić information content (AvgIpc) is 2.98. The number of anilines is 4. The summed E-state index contributed by atoms with van der Waals surface area (Å²) in [5, 5.41) is 3.27. The van der Waals surface area contributed by atoms with Crippen LogP contribution in [0.3, 0.4) is 0 Å². The molecule has 1 aliphatic heterocycles. The summed E-state index contributed by atoms with van der Waals surface area (Å²) in [7, 11) is 3.81. The van der Waals surface area contributed by atoms with E-state index in [2.05, 4.69) is 32.1 Å². The molecule has 0 atom stereocenters. The van der Waals surface area contributed by atoms with E-state index in [0.717, 1.165) is 43.3 Å². The monoisotopic (exact) mass is 534 g/mol. The molecule has 3 N–H and O–H groups in total. The van der Waals surface area contributed by atoms with Gasteiger partial charge in [-0.05, 0) is 37.4 Å². The summed E-state index contributed by atoms with van der Waals surface area (Å²) in [5.74, 6) is 1.09. The molecule has 1 saturated heterocycles. The van der Waals surface area contributed by atoms with Gasteiger partial charge < -0.3 is 25.6 Å². The first-order valence-electron chi connectivity index (χ1n) is 13.1. The molecule has 0 aliphatic carbocycles. The lowest BCUT2D eigenvalue weighted by atomic mass is 10.1. The SMILES string of the molecule is COc1cc(Nc2ncc3nc(-c4ccccc4)c(=O)n(-c4cccc(N)c4)c3n2)ccc1N1CCN(C)CC1. The molecular formula is C30H30N8O2. The minimum atomic E-state index is -0.299. The summed E-state index contributed by atoms with van der Waals surface area (Å²) >= 11 is 0. The maximum absolute atomic E-state index is 13.8. The van der Waals surface area contributed by atoms with E-state index in [1.54, 1.807) is 31.5 Å². The number of likely N-dealkylation sites (N-methyl/N-ethyl adjacent to an activating group) is 1. The van der Waals surface area contributed by atoms with Crippen LogP contribution >= 0.6 is 0 Å². The number of nitrogens with one attached hydrogen (secondary N) is 1. The van der Waals surface area contributed by atoms with Crippen molar-refractivity contribution in [2.24, 2.45) is 0 Å². The number of methoxy groups -OCH3 is 1. The fourth-order valence-corrected chi connectivity index (χ4v) is 4.92. The standard InChI is InChI=1S/C30H30N8O2/c1-36-13-15-37(16-14-36)25-12-11-22(18-26(25)40-2)33-30-32-19-24-28(35-30)38(23-10-6-9-21(31)17-23)29(39)27(34-24)20-7-4-3-5-8-20/h3-12,17-19H,13-16,31H2,1-2H3,(H,32,33,35). The number of fused-ring (bicyclic) bond motifs is 1. The maximum Gasteiger partial charge on any atom is 0.283 e. The van der Waals surface area contributed by atoms with E-state index < -0.39 is 0 Å². The molecule has 3 aromatic carbocycles. The minimum absolute atomic E-state index is 0.299. The van der Waals surface area contributed by atoms with Gasteiger partial charge in [-0.25, -0.2) is 9.97 Å². The van der Waals surface area contributed by atoms with Crippen molar-refractivity contribution in [2.45, 2.75) is 0 Å². The first-order valence-corrected chi connectivity index (χ1v) is 13.1. The number of aromatic nitrogens is 4. The number of nitrogens with zero attached hydrogens (tertiary/aromatic N) is 6. The number of rotatable bonds is 6. The maximum atomic E-state index is 13.8. The highest BCUT2D eigenvalue weighted by atomic mass is 16.5. The van der Waals surface area contributed by atoms with Crippen LogP contribution in [0, 0.1) is 0 Å². The second-order valence-corrected chi connectivity index (χ2v) is 9.77. The van der Waals surface area contributed by atoms with Gasteiger partial charge in [-0.15, -0.1) is 0 Å². The molecule has 10 nitrogen and oxygen atoms in total. The van der Waals surface area contributed by atoms with Crippen LogP contribution in [0.1, 0.15) is 0 Å². The van der Waals surface area contributed by atoms with Crippen LogP contribution < -0.4 is 26.2 Å². The van der Waals surface area contributed by atoms with E-state index in [9.17, 15) is 4.79 Å². The van der Waals surface area contributed by atoms with Crippen molar-refractivity contribution in [2.75, 3.05) is 56.3 Å². The van der Waals surface area contributed by atoms with Crippen LogP contribution in [-0.2, 0) is 0 Å². The van der Waals surface area contributed by atoms with Gasteiger partial charge in [0.25, 0.3) is 5.56 Å².